The summed E-state index contributed by atoms with van der Waals surface area (Å²) < 4.78 is 4.34. The van der Waals surface area contributed by atoms with E-state index >= 15 is 0 Å². The number of fused-ring (bicyclic) bond motifs is 5. The van der Waals surface area contributed by atoms with E-state index in [2.05, 4.69) is 65.9 Å². The molecule has 1 aliphatic heterocycles. The Morgan fingerprint density at radius 3 is 1.30 bits per heavy atom. The summed E-state index contributed by atoms with van der Waals surface area (Å²) in [6.07, 6.45) is 1.47. The Morgan fingerprint density at radius 2 is 0.867 bits per heavy atom. The second-order valence-corrected chi connectivity index (χ2v) is 7.27. The lowest BCUT2D eigenvalue weighted by atomic mass is 10.1. The lowest BCUT2D eigenvalue weighted by molar-refractivity contribution is 0.744. The zero-order valence-corrected chi connectivity index (χ0v) is 16.2. The minimum atomic E-state index is 0.737. The highest BCUT2D eigenvalue weighted by molar-refractivity contribution is 5.66. The lowest BCUT2D eigenvalue weighted by Crippen LogP contribution is -2.15. The Hall–Kier alpha value is -4.06. The van der Waals surface area contributed by atoms with Gasteiger partial charge >= 0.3 is 0 Å². The number of para-hydroxylation sites is 2. The molecule has 144 valence electrons. The fraction of sp³-hybridized carbons (Fsp3) is 0.0833. The molecule has 0 spiro atoms. The second kappa shape index (κ2) is 6.77. The quantitative estimate of drug-likeness (QED) is 0.451. The van der Waals surface area contributed by atoms with E-state index in [1.54, 1.807) is 0 Å². The predicted molar refractivity (Wildman–Crippen MR) is 115 cm³/mol. The van der Waals surface area contributed by atoms with Crippen molar-refractivity contribution in [2.75, 3.05) is 0 Å². The summed E-state index contributed by atoms with van der Waals surface area (Å²) in [6.45, 7) is 0. The molecule has 0 atom stereocenters. The minimum absolute atomic E-state index is 0.737. The molecule has 0 fully saturated rings. The highest BCUT2D eigenvalue weighted by Crippen LogP contribution is 2.32. The van der Waals surface area contributed by atoms with E-state index in [9.17, 15) is 0 Å². The lowest BCUT2D eigenvalue weighted by Gasteiger charge is -2.20. The van der Waals surface area contributed by atoms with Gasteiger partial charge in [-0.3, -0.25) is 9.13 Å². The Labute approximate surface area is 173 Å². The van der Waals surface area contributed by atoms with Crippen LogP contribution >= 0.6 is 0 Å². The number of aromatic nitrogens is 6. The first-order valence-corrected chi connectivity index (χ1v) is 9.99. The van der Waals surface area contributed by atoms with Crippen LogP contribution < -0.4 is 0 Å². The maximum absolute atomic E-state index is 4.55. The van der Waals surface area contributed by atoms with Crippen molar-refractivity contribution in [1.82, 2.24) is 29.5 Å². The van der Waals surface area contributed by atoms with E-state index in [1.807, 2.05) is 48.5 Å². The van der Waals surface area contributed by atoms with E-state index in [0.29, 0.717) is 0 Å². The van der Waals surface area contributed by atoms with Crippen LogP contribution in [0.15, 0.2) is 84.9 Å². The summed E-state index contributed by atoms with van der Waals surface area (Å²) in [6, 6.07) is 28.7. The Bertz CT molecular complexity index is 1230. The normalized spacial score (nSPS) is 12.4. The first kappa shape index (κ1) is 16.9. The highest BCUT2D eigenvalue weighted by atomic mass is 15.3. The molecular weight excluding hydrogens is 372 g/mol. The van der Waals surface area contributed by atoms with Crippen LogP contribution in [0.4, 0.5) is 0 Å². The maximum atomic E-state index is 4.55. The van der Waals surface area contributed by atoms with Crippen LogP contribution in [0.25, 0.3) is 34.2 Å². The molecule has 0 bridgehead atoms. The molecule has 3 aromatic carbocycles. The molecular formula is C24H18N6. The van der Waals surface area contributed by atoms with E-state index in [4.69, 9.17) is 0 Å². The number of nitrogens with zero attached hydrogens (tertiary/aromatic N) is 6. The third-order valence-electron chi connectivity index (χ3n) is 5.46. The number of hydrogen-bond acceptors (Lipinski definition) is 4. The third kappa shape index (κ3) is 2.58. The van der Waals surface area contributed by atoms with Gasteiger partial charge in [0.15, 0.2) is 11.6 Å². The van der Waals surface area contributed by atoms with Gasteiger partial charge in [0, 0.05) is 24.0 Å². The molecule has 2 aromatic heterocycles. The zero-order chi connectivity index (χ0) is 19.9. The molecule has 6 nitrogen and oxygen atoms in total. The molecule has 6 rings (SSSR count). The predicted octanol–water partition coefficient (Wildman–Crippen LogP) is 4.28. The fourth-order valence-corrected chi connectivity index (χ4v) is 4.08. The molecule has 5 aromatic rings. The van der Waals surface area contributed by atoms with Gasteiger partial charge in [0.2, 0.25) is 0 Å². The standard InChI is InChI=1S/C24H18N6/c1-3-9-17(10-4-1)23-27-25-21-15-16-22-26-28-24(18-11-5-2-6-12-18)30(22)20-14-8-7-13-19(20)29(21)23/h1-14H,15-16H2. The molecule has 0 unspecified atom stereocenters. The fourth-order valence-electron chi connectivity index (χ4n) is 4.08. The monoisotopic (exact) mass is 390 g/mol. The number of aryl methyl sites for hydroxylation is 2. The number of benzene rings is 3. The first-order chi connectivity index (χ1) is 14.9. The highest BCUT2D eigenvalue weighted by Gasteiger charge is 2.25. The van der Waals surface area contributed by atoms with Crippen molar-refractivity contribution in [3.8, 4) is 34.2 Å². The molecule has 1 aliphatic rings. The van der Waals surface area contributed by atoms with Gasteiger partial charge < -0.3 is 0 Å². The van der Waals surface area contributed by atoms with Gasteiger partial charge in [0.1, 0.15) is 11.6 Å². The van der Waals surface area contributed by atoms with E-state index in [0.717, 1.165) is 58.6 Å². The van der Waals surface area contributed by atoms with Gasteiger partial charge in [-0.25, -0.2) is 0 Å². The Morgan fingerprint density at radius 1 is 0.467 bits per heavy atom. The van der Waals surface area contributed by atoms with Gasteiger partial charge in [-0.1, -0.05) is 72.8 Å². The topological polar surface area (TPSA) is 61.4 Å². The van der Waals surface area contributed by atoms with Crippen LogP contribution in [0.2, 0.25) is 0 Å². The van der Waals surface area contributed by atoms with Gasteiger partial charge in [-0.2, -0.15) is 0 Å². The summed E-state index contributed by atoms with van der Waals surface area (Å²) in [4.78, 5) is 0. The number of hydrogen-bond donors (Lipinski definition) is 0. The zero-order valence-electron chi connectivity index (χ0n) is 16.2. The molecule has 0 amide bonds. The van der Waals surface area contributed by atoms with Gasteiger partial charge in [0.05, 0.1) is 11.4 Å². The molecule has 3 heterocycles. The molecule has 6 heteroatoms. The summed E-state index contributed by atoms with van der Waals surface area (Å²) in [5.41, 5.74) is 4.13. The van der Waals surface area contributed by atoms with Gasteiger partial charge in [-0.05, 0) is 12.1 Å². The second-order valence-electron chi connectivity index (χ2n) is 7.27. The number of rotatable bonds is 2. The Kier molecular flexibility index (Phi) is 3.81. The summed E-state index contributed by atoms with van der Waals surface area (Å²) in [5, 5.41) is 18.1. The molecule has 0 N–H and O–H groups in total. The maximum Gasteiger partial charge on any atom is 0.168 e. The molecule has 0 saturated carbocycles. The molecule has 30 heavy (non-hydrogen) atoms. The van der Waals surface area contributed by atoms with Crippen LogP contribution in [0.1, 0.15) is 11.6 Å². The smallest absolute Gasteiger partial charge is 0.168 e. The van der Waals surface area contributed by atoms with Crippen LogP contribution in [-0.4, -0.2) is 29.5 Å². The van der Waals surface area contributed by atoms with Crippen molar-refractivity contribution < 1.29 is 0 Å². The van der Waals surface area contributed by atoms with Crippen LogP contribution in [-0.2, 0) is 12.8 Å². The van der Waals surface area contributed by atoms with Crippen molar-refractivity contribution in [2.45, 2.75) is 12.8 Å². The van der Waals surface area contributed by atoms with E-state index in [1.165, 1.54) is 0 Å². The summed E-state index contributed by atoms with van der Waals surface area (Å²) >= 11 is 0. The average molecular weight is 390 g/mol. The van der Waals surface area contributed by atoms with Gasteiger partial charge in [-0.15, -0.1) is 20.4 Å². The van der Waals surface area contributed by atoms with Crippen molar-refractivity contribution in [2.24, 2.45) is 0 Å². The summed E-state index contributed by atoms with van der Waals surface area (Å²) in [5.74, 6) is 3.54. The van der Waals surface area contributed by atoms with Crippen LogP contribution in [0.3, 0.4) is 0 Å². The van der Waals surface area contributed by atoms with Crippen molar-refractivity contribution >= 4 is 0 Å². The van der Waals surface area contributed by atoms with Gasteiger partial charge in [0.25, 0.3) is 0 Å². The SMILES string of the molecule is c1ccc(-c2nnc3n2-c2ccccc2-n2c(nnc2-c2ccccc2)CC3)cc1. The molecule has 0 saturated heterocycles. The van der Waals surface area contributed by atoms with E-state index < -0.39 is 0 Å². The summed E-state index contributed by atoms with van der Waals surface area (Å²) in [7, 11) is 0. The first-order valence-electron chi connectivity index (χ1n) is 9.99. The van der Waals surface area contributed by atoms with Crippen LogP contribution in [0.5, 0.6) is 0 Å². The van der Waals surface area contributed by atoms with E-state index in [-0.39, 0.29) is 0 Å². The average Bonchev–Trinajstić information content (AvgIpc) is 3.41. The third-order valence-corrected chi connectivity index (χ3v) is 5.46. The van der Waals surface area contributed by atoms with Crippen molar-refractivity contribution in [1.29, 1.82) is 0 Å². The van der Waals surface area contributed by atoms with Crippen molar-refractivity contribution in [3.05, 3.63) is 96.6 Å². The minimum Gasteiger partial charge on any atom is -0.277 e. The van der Waals surface area contributed by atoms with Crippen molar-refractivity contribution in [3.63, 3.8) is 0 Å². The largest absolute Gasteiger partial charge is 0.277 e. The molecule has 0 radical (unpaired) electrons. The molecule has 0 aliphatic carbocycles. The Balaban J connectivity index is 1.63. The van der Waals surface area contributed by atoms with Crippen LogP contribution in [0, 0.1) is 0 Å².